The van der Waals surface area contributed by atoms with Gasteiger partial charge in [-0.3, -0.25) is 10.00 Å². The number of aromatic nitrogens is 3. The van der Waals surface area contributed by atoms with Gasteiger partial charge in [0.1, 0.15) is 5.82 Å². The largest absolute Gasteiger partial charge is 0.367 e. The number of rotatable bonds is 3. The minimum Gasteiger partial charge on any atom is -0.367 e. The first-order chi connectivity index (χ1) is 10.1. The molecular weight excluding hydrogens is 262 g/mol. The van der Waals surface area contributed by atoms with Crippen molar-refractivity contribution in [3.8, 4) is 0 Å². The van der Waals surface area contributed by atoms with Crippen LogP contribution in [0.4, 0.5) is 5.95 Å². The summed E-state index contributed by atoms with van der Waals surface area (Å²) in [6, 6.07) is 6.68. The standard InChI is InChI=1S/C16H23N5/c1-11-5-6-12(2)14(8-11)10-21-7-3-4-13(9-21)15-18-16(17)20-19-15/h5-6,8,13H,3-4,7,9-10H2,1-2H3,(H3,17,18,19,20)/t13-/m1/s1. The fourth-order valence-corrected chi connectivity index (χ4v) is 3.10. The molecule has 3 N–H and O–H groups in total. The lowest BCUT2D eigenvalue weighted by atomic mass is 9.96. The molecule has 0 radical (unpaired) electrons. The molecule has 2 aromatic rings. The summed E-state index contributed by atoms with van der Waals surface area (Å²) in [4.78, 5) is 6.80. The number of nitrogen functional groups attached to an aromatic ring is 1. The lowest BCUT2D eigenvalue weighted by Crippen LogP contribution is -2.34. The van der Waals surface area contributed by atoms with E-state index in [0.29, 0.717) is 11.9 Å². The van der Waals surface area contributed by atoms with Gasteiger partial charge in [-0.1, -0.05) is 23.8 Å². The Labute approximate surface area is 125 Å². The van der Waals surface area contributed by atoms with Crippen LogP contribution in [0, 0.1) is 13.8 Å². The third kappa shape index (κ3) is 3.24. The number of hydrogen-bond donors (Lipinski definition) is 2. The highest BCUT2D eigenvalue weighted by atomic mass is 15.3. The van der Waals surface area contributed by atoms with Gasteiger partial charge < -0.3 is 5.73 Å². The summed E-state index contributed by atoms with van der Waals surface area (Å²) in [6.07, 6.45) is 2.34. The van der Waals surface area contributed by atoms with Crippen LogP contribution < -0.4 is 5.73 Å². The molecule has 5 heteroatoms. The molecule has 0 saturated carbocycles. The van der Waals surface area contributed by atoms with E-state index in [1.165, 1.54) is 23.1 Å². The number of piperidine rings is 1. The Kier molecular flexibility index (Phi) is 3.92. The highest BCUT2D eigenvalue weighted by Gasteiger charge is 2.24. The number of likely N-dealkylation sites (tertiary alicyclic amines) is 1. The Bertz CT molecular complexity index is 619. The van der Waals surface area contributed by atoms with Crippen molar-refractivity contribution in [2.24, 2.45) is 0 Å². The Hall–Kier alpha value is -1.88. The van der Waals surface area contributed by atoms with E-state index in [-0.39, 0.29) is 0 Å². The van der Waals surface area contributed by atoms with Crippen LogP contribution in [0.25, 0.3) is 0 Å². The lowest BCUT2D eigenvalue weighted by Gasteiger charge is -2.32. The second kappa shape index (κ2) is 5.85. The van der Waals surface area contributed by atoms with E-state index < -0.39 is 0 Å². The molecule has 2 heterocycles. The molecule has 0 amide bonds. The first-order valence-electron chi connectivity index (χ1n) is 7.58. The van der Waals surface area contributed by atoms with Gasteiger partial charge >= 0.3 is 0 Å². The van der Waals surface area contributed by atoms with Crippen molar-refractivity contribution in [2.75, 3.05) is 18.8 Å². The number of aromatic amines is 1. The molecule has 0 bridgehead atoms. The summed E-state index contributed by atoms with van der Waals surface area (Å²) in [7, 11) is 0. The summed E-state index contributed by atoms with van der Waals surface area (Å²) in [6.45, 7) is 7.51. The molecule has 1 atom stereocenters. The van der Waals surface area contributed by atoms with Gasteiger partial charge in [0.05, 0.1) is 0 Å². The lowest BCUT2D eigenvalue weighted by molar-refractivity contribution is 0.196. The van der Waals surface area contributed by atoms with Gasteiger partial charge in [-0.2, -0.15) is 4.98 Å². The predicted molar refractivity (Wildman–Crippen MR) is 84.0 cm³/mol. The fraction of sp³-hybridized carbons (Fsp3) is 0.500. The molecule has 5 nitrogen and oxygen atoms in total. The van der Waals surface area contributed by atoms with Gasteiger partial charge in [0.2, 0.25) is 5.95 Å². The van der Waals surface area contributed by atoms with Crippen LogP contribution >= 0.6 is 0 Å². The number of nitrogens with one attached hydrogen (secondary N) is 1. The van der Waals surface area contributed by atoms with Crippen LogP contribution in [0.1, 0.15) is 41.3 Å². The average Bonchev–Trinajstić information content (AvgIpc) is 2.90. The molecule has 1 aliphatic rings. The molecule has 21 heavy (non-hydrogen) atoms. The molecule has 1 aliphatic heterocycles. The zero-order valence-electron chi connectivity index (χ0n) is 12.8. The van der Waals surface area contributed by atoms with Crippen LogP contribution in [-0.2, 0) is 6.54 Å². The molecule has 1 aromatic carbocycles. The second-order valence-electron chi connectivity index (χ2n) is 6.08. The van der Waals surface area contributed by atoms with Crippen LogP contribution in [0.5, 0.6) is 0 Å². The van der Waals surface area contributed by atoms with E-state index in [4.69, 9.17) is 5.73 Å². The SMILES string of the molecule is Cc1ccc(C)c(CN2CCC[C@@H](c3nc(N)n[nH]3)C2)c1. The summed E-state index contributed by atoms with van der Waals surface area (Å²) in [5.74, 6) is 1.68. The molecular formula is C16H23N5. The molecule has 1 fully saturated rings. The molecule has 3 rings (SSSR count). The Balaban J connectivity index is 1.70. The number of hydrogen-bond acceptors (Lipinski definition) is 4. The second-order valence-corrected chi connectivity index (χ2v) is 6.08. The maximum absolute atomic E-state index is 5.61. The van der Waals surface area contributed by atoms with Crippen molar-refractivity contribution in [3.63, 3.8) is 0 Å². The van der Waals surface area contributed by atoms with E-state index in [2.05, 4.69) is 52.1 Å². The molecule has 1 saturated heterocycles. The van der Waals surface area contributed by atoms with E-state index >= 15 is 0 Å². The van der Waals surface area contributed by atoms with E-state index in [0.717, 1.165) is 31.9 Å². The van der Waals surface area contributed by atoms with Gasteiger partial charge in [0, 0.05) is 19.0 Å². The highest BCUT2D eigenvalue weighted by Crippen LogP contribution is 2.26. The quantitative estimate of drug-likeness (QED) is 0.908. The smallest absolute Gasteiger partial charge is 0.239 e. The Morgan fingerprint density at radius 1 is 1.38 bits per heavy atom. The Morgan fingerprint density at radius 2 is 2.24 bits per heavy atom. The zero-order valence-corrected chi connectivity index (χ0v) is 12.8. The van der Waals surface area contributed by atoms with Gasteiger partial charge in [0.25, 0.3) is 0 Å². The topological polar surface area (TPSA) is 70.8 Å². The number of nitrogens with zero attached hydrogens (tertiary/aromatic N) is 3. The van der Waals surface area contributed by atoms with Gasteiger partial charge in [-0.05, 0) is 44.4 Å². The van der Waals surface area contributed by atoms with E-state index in [9.17, 15) is 0 Å². The minimum atomic E-state index is 0.344. The number of anilines is 1. The van der Waals surface area contributed by atoms with Crippen molar-refractivity contribution >= 4 is 5.95 Å². The third-order valence-corrected chi connectivity index (χ3v) is 4.31. The zero-order chi connectivity index (χ0) is 14.8. The summed E-state index contributed by atoms with van der Waals surface area (Å²) >= 11 is 0. The first-order valence-corrected chi connectivity index (χ1v) is 7.58. The fourth-order valence-electron chi connectivity index (χ4n) is 3.10. The van der Waals surface area contributed by atoms with Crippen molar-refractivity contribution in [2.45, 2.75) is 39.2 Å². The van der Waals surface area contributed by atoms with Crippen molar-refractivity contribution < 1.29 is 0 Å². The van der Waals surface area contributed by atoms with Crippen LogP contribution in [-0.4, -0.2) is 33.2 Å². The monoisotopic (exact) mass is 285 g/mol. The maximum Gasteiger partial charge on any atom is 0.239 e. The van der Waals surface area contributed by atoms with Gasteiger partial charge in [0.15, 0.2) is 0 Å². The van der Waals surface area contributed by atoms with Crippen molar-refractivity contribution in [3.05, 3.63) is 40.7 Å². The number of nitrogens with two attached hydrogens (primary N) is 1. The summed E-state index contributed by atoms with van der Waals surface area (Å²) < 4.78 is 0. The van der Waals surface area contributed by atoms with E-state index in [1.54, 1.807) is 0 Å². The third-order valence-electron chi connectivity index (χ3n) is 4.31. The van der Waals surface area contributed by atoms with Gasteiger partial charge in [-0.15, -0.1) is 5.10 Å². The summed E-state index contributed by atoms with van der Waals surface area (Å²) in [5.41, 5.74) is 9.73. The number of aryl methyl sites for hydroxylation is 2. The average molecular weight is 285 g/mol. The summed E-state index contributed by atoms with van der Waals surface area (Å²) in [5, 5.41) is 6.92. The predicted octanol–water partition coefficient (Wildman–Crippen LogP) is 2.38. The Morgan fingerprint density at radius 3 is 3.00 bits per heavy atom. The number of benzene rings is 1. The van der Waals surface area contributed by atoms with Crippen molar-refractivity contribution in [1.82, 2.24) is 20.1 Å². The molecule has 0 aliphatic carbocycles. The van der Waals surface area contributed by atoms with Crippen LogP contribution in [0.2, 0.25) is 0 Å². The van der Waals surface area contributed by atoms with Gasteiger partial charge in [-0.25, -0.2) is 0 Å². The molecule has 0 unspecified atom stereocenters. The molecule has 1 aromatic heterocycles. The first kappa shape index (κ1) is 14.1. The number of H-pyrrole nitrogens is 1. The van der Waals surface area contributed by atoms with Crippen LogP contribution in [0.15, 0.2) is 18.2 Å². The normalized spacial score (nSPS) is 19.8. The maximum atomic E-state index is 5.61. The highest BCUT2D eigenvalue weighted by molar-refractivity contribution is 5.30. The van der Waals surface area contributed by atoms with Crippen LogP contribution in [0.3, 0.4) is 0 Å². The van der Waals surface area contributed by atoms with E-state index in [1.807, 2.05) is 0 Å². The molecule has 112 valence electrons. The van der Waals surface area contributed by atoms with Crippen molar-refractivity contribution in [1.29, 1.82) is 0 Å². The minimum absolute atomic E-state index is 0.344. The molecule has 0 spiro atoms.